The SMILES string of the molecule is CCOC[C@H]1CC(F)(F)CN1[C@@H](CC)C(=O)O. The van der Waals surface area contributed by atoms with Gasteiger partial charge in [0.2, 0.25) is 0 Å². The van der Waals surface area contributed by atoms with Crippen molar-refractivity contribution in [2.75, 3.05) is 19.8 Å². The van der Waals surface area contributed by atoms with Gasteiger partial charge >= 0.3 is 5.97 Å². The second-order valence-electron chi connectivity index (χ2n) is 4.31. The second-order valence-corrected chi connectivity index (χ2v) is 4.31. The van der Waals surface area contributed by atoms with Gasteiger partial charge in [-0.15, -0.1) is 0 Å². The van der Waals surface area contributed by atoms with Gasteiger partial charge in [-0.25, -0.2) is 8.78 Å². The summed E-state index contributed by atoms with van der Waals surface area (Å²) in [6.45, 7) is 3.59. The maximum atomic E-state index is 13.3. The lowest BCUT2D eigenvalue weighted by atomic mass is 10.1. The molecule has 1 saturated heterocycles. The lowest BCUT2D eigenvalue weighted by Crippen LogP contribution is -2.46. The normalized spacial score (nSPS) is 26.0. The Morgan fingerprint density at radius 2 is 2.24 bits per heavy atom. The fraction of sp³-hybridized carbons (Fsp3) is 0.909. The van der Waals surface area contributed by atoms with E-state index in [1.807, 2.05) is 0 Å². The highest BCUT2D eigenvalue weighted by Crippen LogP contribution is 2.34. The van der Waals surface area contributed by atoms with Crippen molar-refractivity contribution >= 4 is 5.97 Å². The molecule has 1 fully saturated rings. The summed E-state index contributed by atoms with van der Waals surface area (Å²) in [7, 11) is 0. The Balaban J connectivity index is 2.75. The van der Waals surface area contributed by atoms with E-state index in [1.54, 1.807) is 13.8 Å². The molecule has 1 aliphatic heterocycles. The Bertz CT molecular complexity index is 273. The second kappa shape index (κ2) is 5.73. The molecule has 100 valence electrons. The van der Waals surface area contributed by atoms with Crippen LogP contribution in [0.4, 0.5) is 8.78 Å². The molecule has 0 aromatic carbocycles. The lowest BCUT2D eigenvalue weighted by molar-refractivity contribution is -0.144. The van der Waals surface area contributed by atoms with Crippen LogP contribution in [0, 0.1) is 0 Å². The maximum Gasteiger partial charge on any atom is 0.320 e. The van der Waals surface area contributed by atoms with Crippen molar-refractivity contribution in [3.8, 4) is 0 Å². The number of carboxylic acids is 1. The minimum Gasteiger partial charge on any atom is -0.480 e. The molecule has 0 aromatic rings. The number of alkyl halides is 2. The Kier molecular flexibility index (Phi) is 4.82. The molecule has 4 nitrogen and oxygen atoms in total. The van der Waals surface area contributed by atoms with Gasteiger partial charge in [0, 0.05) is 19.1 Å². The summed E-state index contributed by atoms with van der Waals surface area (Å²) in [4.78, 5) is 12.4. The zero-order chi connectivity index (χ0) is 13.1. The minimum absolute atomic E-state index is 0.163. The zero-order valence-electron chi connectivity index (χ0n) is 10.2. The van der Waals surface area contributed by atoms with Crippen molar-refractivity contribution < 1.29 is 23.4 Å². The minimum atomic E-state index is -2.81. The average molecular weight is 251 g/mol. The van der Waals surface area contributed by atoms with E-state index in [2.05, 4.69) is 0 Å². The van der Waals surface area contributed by atoms with Crippen LogP contribution in [0.5, 0.6) is 0 Å². The van der Waals surface area contributed by atoms with Crippen LogP contribution in [-0.2, 0) is 9.53 Å². The molecule has 1 aliphatic rings. The third-order valence-electron chi connectivity index (χ3n) is 3.00. The average Bonchev–Trinajstić information content (AvgIpc) is 2.51. The quantitative estimate of drug-likeness (QED) is 0.779. The highest BCUT2D eigenvalue weighted by Gasteiger charge is 2.48. The molecule has 1 rings (SSSR count). The summed E-state index contributed by atoms with van der Waals surface area (Å²) < 4.78 is 31.8. The monoisotopic (exact) mass is 251 g/mol. The summed E-state index contributed by atoms with van der Waals surface area (Å²) in [6, 6.07) is -1.36. The first-order valence-corrected chi connectivity index (χ1v) is 5.85. The summed E-state index contributed by atoms with van der Waals surface area (Å²) in [5, 5.41) is 9.02. The first-order valence-electron chi connectivity index (χ1n) is 5.85. The van der Waals surface area contributed by atoms with Gasteiger partial charge in [0.15, 0.2) is 0 Å². The van der Waals surface area contributed by atoms with Crippen LogP contribution < -0.4 is 0 Å². The zero-order valence-corrected chi connectivity index (χ0v) is 10.2. The molecule has 0 unspecified atom stereocenters. The van der Waals surface area contributed by atoms with Crippen molar-refractivity contribution in [3.63, 3.8) is 0 Å². The molecule has 0 aromatic heterocycles. The van der Waals surface area contributed by atoms with Gasteiger partial charge in [0.05, 0.1) is 13.2 Å². The molecular weight excluding hydrogens is 232 g/mol. The third kappa shape index (κ3) is 3.61. The van der Waals surface area contributed by atoms with E-state index in [4.69, 9.17) is 9.84 Å². The van der Waals surface area contributed by atoms with Gasteiger partial charge in [0.25, 0.3) is 5.92 Å². The first kappa shape index (κ1) is 14.3. The van der Waals surface area contributed by atoms with Crippen LogP contribution >= 0.6 is 0 Å². The van der Waals surface area contributed by atoms with E-state index < -0.39 is 30.5 Å². The summed E-state index contributed by atoms with van der Waals surface area (Å²) in [5.74, 6) is -3.86. The van der Waals surface area contributed by atoms with E-state index in [-0.39, 0.29) is 13.0 Å². The van der Waals surface area contributed by atoms with Gasteiger partial charge in [-0.05, 0) is 13.3 Å². The Hall–Kier alpha value is -0.750. The third-order valence-corrected chi connectivity index (χ3v) is 3.00. The lowest BCUT2D eigenvalue weighted by Gasteiger charge is -2.28. The number of aliphatic carboxylic acids is 1. The van der Waals surface area contributed by atoms with Crippen LogP contribution in [0.3, 0.4) is 0 Å². The van der Waals surface area contributed by atoms with Crippen LogP contribution in [-0.4, -0.2) is 53.7 Å². The number of hydrogen-bond acceptors (Lipinski definition) is 3. The van der Waals surface area contributed by atoms with E-state index in [0.717, 1.165) is 0 Å². The summed E-state index contributed by atoms with van der Waals surface area (Å²) in [6.07, 6.45) is -0.00911. The number of carbonyl (C=O) groups is 1. The van der Waals surface area contributed by atoms with Crippen molar-refractivity contribution in [2.24, 2.45) is 0 Å². The van der Waals surface area contributed by atoms with Crippen molar-refractivity contribution in [3.05, 3.63) is 0 Å². The predicted octanol–water partition coefficient (Wildman–Crippen LogP) is 1.60. The maximum absolute atomic E-state index is 13.3. The number of hydrogen-bond donors (Lipinski definition) is 1. The van der Waals surface area contributed by atoms with Gasteiger partial charge in [0.1, 0.15) is 6.04 Å². The summed E-state index contributed by atoms with van der Waals surface area (Å²) in [5.41, 5.74) is 0. The first-order chi connectivity index (χ1) is 7.91. The molecule has 2 atom stereocenters. The molecule has 0 spiro atoms. The Morgan fingerprint density at radius 3 is 2.71 bits per heavy atom. The van der Waals surface area contributed by atoms with Crippen molar-refractivity contribution in [2.45, 2.75) is 44.7 Å². The molecular formula is C11H19F2NO3. The number of likely N-dealkylation sites (tertiary alicyclic amines) is 1. The molecule has 6 heteroatoms. The molecule has 1 N–H and O–H groups in total. The predicted molar refractivity (Wildman–Crippen MR) is 58.3 cm³/mol. The number of halogens is 2. The fourth-order valence-corrected chi connectivity index (χ4v) is 2.25. The highest BCUT2D eigenvalue weighted by molar-refractivity contribution is 5.73. The fourth-order valence-electron chi connectivity index (χ4n) is 2.25. The molecule has 0 saturated carbocycles. The van der Waals surface area contributed by atoms with E-state index in [1.165, 1.54) is 4.90 Å². The van der Waals surface area contributed by atoms with Gasteiger partial charge < -0.3 is 9.84 Å². The Labute approximate surface area is 99.5 Å². The van der Waals surface area contributed by atoms with E-state index in [0.29, 0.717) is 13.0 Å². The number of rotatable bonds is 6. The van der Waals surface area contributed by atoms with Crippen molar-refractivity contribution in [1.29, 1.82) is 0 Å². The summed E-state index contributed by atoms with van der Waals surface area (Å²) >= 11 is 0. The van der Waals surface area contributed by atoms with Crippen LogP contribution in [0.15, 0.2) is 0 Å². The molecule has 0 aliphatic carbocycles. The van der Waals surface area contributed by atoms with Gasteiger partial charge in [-0.3, -0.25) is 9.69 Å². The molecule has 0 amide bonds. The van der Waals surface area contributed by atoms with Crippen molar-refractivity contribution in [1.82, 2.24) is 4.90 Å². The van der Waals surface area contributed by atoms with E-state index in [9.17, 15) is 13.6 Å². The van der Waals surface area contributed by atoms with Crippen LogP contribution in [0.2, 0.25) is 0 Å². The Morgan fingerprint density at radius 1 is 1.59 bits per heavy atom. The molecule has 1 heterocycles. The topological polar surface area (TPSA) is 49.8 Å². The standard InChI is InChI=1S/C11H19F2NO3/c1-3-9(10(15)16)14-7-11(12,13)5-8(14)6-17-4-2/h8-9H,3-7H2,1-2H3,(H,15,16)/t8-,9+/m1/s1. The van der Waals surface area contributed by atoms with Crippen LogP contribution in [0.25, 0.3) is 0 Å². The number of ether oxygens (including phenoxy) is 1. The molecule has 0 bridgehead atoms. The number of nitrogens with zero attached hydrogens (tertiary/aromatic N) is 1. The smallest absolute Gasteiger partial charge is 0.320 e. The van der Waals surface area contributed by atoms with Gasteiger partial charge in [-0.1, -0.05) is 6.92 Å². The largest absolute Gasteiger partial charge is 0.480 e. The number of carboxylic acid groups (broad SMARTS) is 1. The van der Waals surface area contributed by atoms with Gasteiger partial charge in [-0.2, -0.15) is 0 Å². The van der Waals surface area contributed by atoms with E-state index >= 15 is 0 Å². The molecule has 0 radical (unpaired) electrons. The van der Waals surface area contributed by atoms with Crippen LogP contribution in [0.1, 0.15) is 26.7 Å². The molecule has 17 heavy (non-hydrogen) atoms. The highest BCUT2D eigenvalue weighted by atomic mass is 19.3.